The summed E-state index contributed by atoms with van der Waals surface area (Å²) >= 11 is 0. The first-order chi connectivity index (χ1) is 11.3. The summed E-state index contributed by atoms with van der Waals surface area (Å²) in [5.41, 5.74) is 4.91. The van der Waals surface area contributed by atoms with Crippen molar-refractivity contribution >= 4 is 23.8 Å². The molecule has 0 aliphatic heterocycles. The van der Waals surface area contributed by atoms with Gasteiger partial charge in [0.25, 0.3) is 0 Å². The molecule has 4 heteroatoms. The number of aromatic amines is 1. The zero-order chi connectivity index (χ0) is 15.9. The lowest BCUT2D eigenvalue weighted by atomic mass is 10.00. The maximum atomic E-state index is 3.89. The van der Waals surface area contributed by atoms with Crippen molar-refractivity contribution in [3.05, 3.63) is 77.1 Å². The molecule has 1 heterocycles. The van der Waals surface area contributed by atoms with Gasteiger partial charge in [-0.05, 0) is 40.0 Å². The molecule has 0 aliphatic carbocycles. The molecule has 1 aromatic heterocycles. The van der Waals surface area contributed by atoms with Gasteiger partial charge in [0.15, 0.2) is 5.82 Å². The molecule has 3 rings (SSSR count). The molecule has 0 bridgehead atoms. The van der Waals surface area contributed by atoms with Crippen LogP contribution in [-0.2, 0) is 0 Å². The number of tetrazole rings is 1. The van der Waals surface area contributed by atoms with E-state index >= 15 is 0 Å². The van der Waals surface area contributed by atoms with Crippen LogP contribution in [0.15, 0.2) is 54.6 Å². The van der Waals surface area contributed by atoms with Gasteiger partial charge in [-0.3, -0.25) is 0 Å². The van der Waals surface area contributed by atoms with E-state index in [4.69, 9.17) is 0 Å². The van der Waals surface area contributed by atoms with Gasteiger partial charge in [0.1, 0.15) is 0 Å². The summed E-state index contributed by atoms with van der Waals surface area (Å²) in [7, 11) is 0. The van der Waals surface area contributed by atoms with Crippen molar-refractivity contribution in [3.63, 3.8) is 0 Å². The molecule has 114 valence electrons. The maximum Gasteiger partial charge on any atom is 0.197 e. The Balaban J connectivity index is 1.77. The fourth-order valence-electron chi connectivity index (χ4n) is 2.36. The van der Waals surface area contributed by atoms with Gasteiger partial charge in [-0.1, -0.05) is 73.7 Å². The highest BCUT2D eigenvalue weighted by molar-refractivity contribution is 5.81. The van der Waals surface area contributed by atoms with Crippen molar-refractivity contribution in [1.82, 2.24) is 20.6 Å². The summed E-state index contributed by atoms with van der Waals surface area (Å²) in [5.74, 6) is 0.575. The second-order valence-electron chi connectivity index (χ2n) is 5.16. The quantitative estimate of drug-likeness (QED) is 0.714. The summed E-state index contributed by atoms with van der Waals surface area (Å²) in [5, 5.41) is 13.7. The van der Waals surface area contributed by atoms with Crippen LogP contribution in [0.2, 0.25) is 0 Å². The van der Waals surface area contributed by atoms with Crippen molar-refractivity contribution in [1.29, 1.82) is 0 Å². The zero-order valence-electron chi connectivity index (χ0n) is 13.0. The number of benzene rings is 2. The molecule has 0 saturated carbocycles. The van der Waals surface area contributed by atoms with E-state index in [0.29, 0.717) is 5.82 Å². The molecule has 0 unspecified atom stereocenters. The molecule has 1 N–H and O–H groups in total. The van der Waals surface area contributed by atoms with E-state index in [0.717, 1.165) is 12.0 Å². The lowest BCUT2D eigenvalue weighted by Crippen LogP contribution is -1.83. The molecule has 3 aromatic rings. The Morgan fingerprint density at radius 1 is 0.957 bits per heavy atom. The topological polar surface area (TPSA) is 54.5 Å². The molecule has 0 aliphatic rings. The van der Waals surface area contributed by atoms with Crippen LogP contribution < -0.4 is 0 Å². The lowest BCUT2D eigenvalue weighted by Gasteiger charge is -2.05. The summed E-state index contributed by atoms with van der Waals surface area (Å²) < 4.78 is 0. The highest BCUT2D eigenvalue weighted by atomic mass is 15.5. The number of hydrogen-bond donors (Lipinski definition) is 1. The maximum absolute atomic E-state index is 3.89. The first-order valence-electron chi connectivity index (χ1n) is 7.63. The largest absolute Gasteiger partial charge is 0.197 e. The Morgan fingerprint density at radius 2 is 1.70 bits per heavy atom. The van der Waals surface area contributed by atoms with Crippen LogP contribution in [0.1, 0.15) is 35.9 Å². The first kappa shape index (κ1) is 14.9. The van der Waals surface area contributed by atoms with Crippen molar-refractivity contribution in [3.8, 4) is 0 Å². The van der Waals surface area contributed by atoms with E-state index in [2.05, 4.69) is 82.2 Å². The summed E-state index contributed by atoms with van der Waals surface area (Å²) in [4.78, 5) is 0. The molecular weight excluding hydrogens is 284 g/mol. The van der Waals surface area contributed by atoms with Crippen LogP contribution in [-0.4, -0.2) is 20.6 Å². The Morgan fingerprint density at radius 3 is 2.35 bits per heavy atom. The minimum absolute atomic E-state index is 0.575. The van der Waals surface area contributed by atoms with Gasteiger partial charge in [0.05, 0.1) is 0 Å². The Labute approximate surface area is 135 Å². The number of rotatable bonds is 5. The molecule has 23 heavy (non-hydrogen) atoms. The number of aromatic nitrogens is 4. The Hall–Kier alpha value is -3.01. The summed E-state index contributed by atoms with van der Waals surface area (Å²) in [6, 6.07) is 18.9. The van der Waals surface area contributed by atoms with E-state index < -0.39 is 0 Å². The molecule has 0 radical (unpaired) electrons. The molecular formula is C19H18N4. The van der Waals surface area contributed by atoms with E-state index in [1.54, 1.807) is 0 Å². The van der Waals surface area contributed by atoms with Crippen LogP contribution in [0.4, 0.5) is 0 Å². The number of hydrogen-bond acceptors (Lipinski definition) is 3. The minimum atomic E-state index is 0.575. The predicted octanol–water partition coefficient (Wildman–Crippen LogP) is 4.32. The first-order valence-corrected chi connectivity index (χ1v) is 7.63. The third-order valence-electron chi connectivity index (χ3n) is 3.59. The van der Waals surface area contributed by atoms with Crippen LogP contribution in [0.5, 0.6) is 0 Å². The summed E-state index contributed by atoms with van der Waals surface area (Å²) in [6.07, 6.45) is 7.04. The van der Waals surface area contributed by atoms with Gasteiger partial charge >= 0.3 is 0 Å². The molecule has 0 fully saturated rings. The second kappa shape index (κ2) is 7.31. The van der Waals surface area contributed by atoms with Crippen molar-refractivity contribution in [2.45, 2.75) is 13.3 Å². The molecule has 0 spiro atoms. The second-order valence-corrected chi connectivity index (χ2v) is 5.16. The van der Waals surface area contributed by atoms with Gasteiger partial charge < -0.3 is 0 Å². The highest BCUT2D eigenvalue weighted by Gasteiger charge is 1.99. The van der Waals surface area contributed by atoms with Crippen LogP contribution >= 0.6 is 0 Å². The van der Waals surface area contributed by atoms with E-state index in [9.17, 15) is 0 Å². The van der Waals surface area contributed by atoms with Crippen LogP contribution in [0, 0.1) is 0 Å². The highest BCUT2D eigenvalue weighted by Crippen LogP contribution is 2.21. The van der Waals surface area contributed by atoms with Gasteiger partial charge in [-0.15, -0.1) is 10.2 Å². The van der Waals surface area contributed by atoms with Crippen molar-refractivity contribution in [2.24, 2.45) is 0 Å². The average Bonchev–Trinajstić information content (AvgIpc) is 3.13. The monoisotopic (exact) mass is 302 g/mol. The molecule has 0 atom stereocenters. The third kappa shape index (κ3) is 4.01. The molecule has 4 nitrogen and oxygen atoms in total. The predicted molar refractivity (Wildman–Crippen MR) is 94.2 cm³/mol. The molecule has 0 amide bonds. The third-order valence-corrected chi connectivity index (χ3v) is 3.59. The fraction of sp³-hybridized carbons (Fsp3) is 0.105. The minimum Gasteiger partial charge on any atom is -0.177 e. The van der Waals surface area contributed by atoms with E-state index in [1.807, 2.05) is 18.2 Å². The number of allylic oxidation sites excluding steroid dienone is 1. The van der Waals surface area contributed by atoms with Gasteiger partial charge in [-0.25, -0.2) is 0 Å². The standard InChI is InChI=1S/C19H18N4/c1-2-17(18-6-4-3-5-7-18)14-16-10-8-15(9-11-16)12-13-19-20-22-23-21-19/h3-14H,2H2,1H3,(H,20,21,22,23)/b13-12+,17-14+. The molecule has 2 aromatic carbocycles. The Bertz CT molecular complexity index is 785. The fourth-order valence-corrected chi connectivity index (χ4v) is 2.36. The lowest BCUT2D eigenvalue weighted by molar-refractivity contribution is 0.881. The SMILES string of the molecule is CC/C(=C\c1ccc(/C=C/c2nn[nH]n2)cc1)c1ccccc1. The number of nitrogens with zero attached hydrogens (tertiary/aromatic N) is 3. The van der Waals surface area contributed by atoms with Crippen molar-refractivity contribution in [2.75, 3.05) is 0 Å². The summed E-state index contributed by atoms with van der Waals surface area (Å²) in [6.45, 7) is 2.18. The number of nitrogens with one attached hydrogen (secondary N) is 1. The van der Waals surface area contributed by atoms with Gasteiger partial charge in [-0.2, -0.15) is 5.21 Å². The molecule has 0 saturated heterocycles. The van der Waals surface area contributed by atoms with E-state index in [1.165, 1.54) is 16.7 Å². The number of H-pyrrole nitrogens is 1. The van der Waals surface area contributed by atoms with E-state index in [-0.39, 0.29) is 0 Å². The zero-order valence-corrected chi connectivity index (χ0v) is 13.0. The van der Waals surface area contributed by atoms with Gasteiger partial charge in [0.2, 0.25) is 0 Å². The van der Waals surface area contributed by atoms with Gasteiger partial charge in [0, 0.05) is 0 Å². The van der Waals surface area contributed by atoms with Crippen LogP contribution in [0.25, 0.3) is 23.8 Å². The average molecular weight is 302 g/mol. The van der Waals surface area contributed by atoms with Crippen molar-refractivity contribution < 1.29 is 0 Å². The smallest absolute Gasteiger partial charge is 0.177 e. The normalized spacial score (nSPS) is 12.0. The Kier molecular flexibility index (Phi) is 4.74. The van der Waals surface area contributed by atoms with Crippen LogP contribution in [0.3, 0.4) is 0 Å².